The zero-order valence-electron chi connectivity index (χ0n) is 14.8. The fraction of sp³-hybridized carbons (Fsp3) is 0.0952. The van der Waals surface area contributed by atoms with Crippen molar-refractivity contribution in [1.82, 2.24) is 9.97 Å². The summed E-state index contributed by atoms with van der Waals surface area (Å²) in [6.07, 6.45) is 2.21. The van der Waals surface area contributed by atoms with Crippen LogP contribution in [0.5, 0.6) is 0 Å². The second-order valence-electron chi connectivity index (χ2n) is 5.77. The summed E-state index contributed by atoms with van der Waals surface area (Å²) in [4.78, 5) is 19.5. The van der Waals surface area contributed by atoms with E-state index in [0.717, 1.165) is 17.8 Å². The first-order valence-electron chi connectivity index (χ1n) is 8.37. The van der Waals surface area contributed by atoms with Crippen molar-refractivity contribution in [2.45, 2.75) is 14.0 Å². The van der Waals surface area contributed by atoms with Gasteiger partial charge in [0, 0.05) is 17.1 Å². The molecule has 7 nitrogen and oxygen atoms in total. The second kappa shape index (κ2) is 9.95. The van der Waals surface area contributed by atoms with E-state index in [2.05, 4.69) is 32.5 Å². The average Bonchev–Trinajstić information content (AvgIpc) is 2.71. The van der Waals surface area contributed by atoms with E-state index in [1.165, 1.54) is 0 Å². The third-order valence-electron chi connectivity index (χ3n) is 3.69. The maximum absolute atomic E-state index is 14.1. The minimum absolute atomic E-state index is 0. The molecule has 0 aliphatic carbocycles. The number of aromatic nitrogens is 2. The molecule has 4 N–H and O–H groups in total. The number of aliphatic hydroxyl groups is 1. The first kappa shape index (κ1) is 21.5. The molecule has 0 radical (unpaired) electrons. The number of nitrogens with one attached hydrogen (secondary N) is 3. The number of anilines is 5. The first-order chi connectivity index (χ1) is 13.6. The summed E-state index contributed by atoms with van der Waals surface area (Å²) in [5, 5.41) is 17.7. The predicted octanol–water partition coefficient (Wildman–Crippen LogP) is 4.36. The van der Waals surface area contributed by atoms with Crippen LogP contribution in [0.2, 0.25) is 0 Å². The Hall–Kier alpha value is -3.78. The van der Waals surface area contributed by atoms with Crippen LogP contribution in [0.1, 0.15) is 13.0 Å². The third-order valence-corrected chi connectivity index (χ3v) is 3.69. The number of benzene rings is 2. The molecule has 3 aromatic rings. The van der Waals surface area contributed by atoms with E-state index in [1.807, 2.05) is 0 Å². The molecule has 0 saturated carbocycles. The number of amides is 1. The molecular weight excluding hydrogens is 373 g/mol. The molecule has 0 unspecified atom stereocenters. The van der Waals surface area contributed by atoms with E-state index in [4.69, 9.17) is 0 Å². The normalized spacial score (nSPS) is 9.86. The Labute approximate surface area is 168 Å². The van der Waals surface area contributed by atoms with Gasteiger partial charge in [-0.2, -0.15) is 4.98 Å². The van der Waals surface area contributed by atoms with Crippen molar-refractivity contribution < 1.29 is 14.3 Å². The lowest BCUT2D eigenvalue weighted by atomic mass is 10.2. The highest BCUT2D eigenvalue weighted by Gasteiger charge is 2.09. The second-order valence-corrected chi connectivity index (χ2v) is 5.77. The summed E-state index contributed by atoms with van der Waals surface area (Å²) in [6.45, 7) is 3.31. The van der Waals surface area contributed by atoms with Gasteiger partial charge < -0.3 is 21.1 Å². The summed E-state index contributed by atoms with van der Waals surface area (Å²) in [5.74, 6) is -0.810. The predicted molar refractivity (Wildman–Crippen MR) is 113 cm³/mol. The van der Waals surface area contributed by atoms with Crippen molar-refractivity contribution in [1.29, 1.82) is 0 Å². The van der Waals surface area contributed by atoms with Gasteiger partial charge in [0.15, 0.2) is 11.6 Å². The molecule has 0 atom stereocenters. The van der Waals surface area contributed by atoms with Gasteiger partial charge in [-0.05, 0) is 42.0 Å². The SMILES string of the molecule is C.C=CC(=O)Nc1cccc(Nc2nc(Nc3cccc(CO)c3)ncc2F)c1. The Balaban J connectivity index is 0.00000300. The van der Waals surface area contributed by atoms with Crippen LogP contribution in [0.4, 0.5) is 33.2 Å². The van der Waals surface area contributed by atoms with Crippen LogP contribution in [0.15, 0.2) is 67.4 Å². The van der Waals surface area contributed by atoms with E-state index in [9.17, 15) is 14.3 Å². The fourth-order valence-electron chi connectivity index (χ4n) is 2.40. The highest BCUT2D eigenvalue weighted by atomic mass is 19.1. The van der Waals surface area contributed by atoms with Gasteiger partial charge in [0.2, 0.25) is 11.9 Å². The maximum Gasteiger partial charge on any atom is 0.247 e. The van der Waals surface area contributed by atoms with Crippen LogP contribution in [-0.4, -0.2) is 21.0 Å². The Morgan fingerprint density at radius 2 is 1.79 bits per heavy atom. The van der Waals surface area contributed by atoms with Gasteiger partial charge in [0.25, 0.3) is 0 Å². The molecule has 0 spiro atoms. The first-order valence-corrected chi connectivity index (χ1v) is 8.37. The molecule has 150 valence electrons. The summed E-state index contributed by atoms with van der Waals surface area (Å²) in [7, 11) is 0. The number of nitrogens with zero attached hydrogens (tertiary/aromatic N) is 2. The van der Waals surface area contributed by atoms with Crippen LogP contribution in [-0.2, 0) is 11.4 Å². The molecule has 0 aliphatic rings. The van der Waals surface area contributed by atoms with Crippen LogP contribution in [0, 0.1) is 5.82 Å². The summed E-state index contributed by atoms with van der Waals surface area (Å²) in [5.41, 5.74) is 2.46. The molecule has 3 rings (SSSR count). The number of halogens is 1. The molecule has 0 aliphatic heterocycles. The molecule has 0 fully saturated rings. The van der Waals surface area contributed by atoms with Crippen molar-refractivity contribution >= 4 is 34.7 Å². The highest BCUT2D eigenvalue weighted by Crippen LogP contribution is 2.23. The summed E-state index contributed by atoms with van der Waals surface area (Å²) in [6, 6.07) is 13.8. The lowest BCUT2D eigenvalue weighted by molar-refractivity contribution is -0.111. The van der Waals surface area contributed by atoms with Crippen molar-refractivity contribution in [3.05, 3.63) is 78.8 Å². The van der Waals surface area contributed by atoms with Crippen LogP contribution >= 0.6 is 0 Å². The van der Waals surface area contributed by atoms with Gasteiger partial charge in [0.1, 0.15) is 0 Å². The van der Waals surface area contributed by atoms with E-state index in [1.54, 1.807) is 48.5 Å². The van der Waals surface area contributed by atoms with Crippen LogP contribution in [0.25, 0.3) is 0 Å². The number of aliphatic hydroxyl groups excluding tert-OH is 1. The van der Waals surface area contributed by atoms with E-state index < -0.39 is 5.82 Å². The maximum atomic E-state index is 14.1. The molecular formula is C21H22FN5O2. The zero-order chi connectivity index (χ0) is 19.9. The van der Waals surface area contributed by atoms with E-state index in [-0.39, 0.29) is 31.7 Å². The Bertz CT molecular complexity index is 1010. The van der Waals surface area contributed by atoms with Gasteiger partial charge in [-0.1, -0.05) is 32.2 Å². The molecule has 8 heteroatoms. The molecule has 2 aromatic carbocycles. The number of hydrogen-bond acceptors (Lipinski definition) is 6. The molecule has 1 heterocycles. The minimum atomic E-state index is -0.629. The minimum Gasteiger partial charge on any atom is -0.392 e. The number of carbonyl (C=O) groups is 1. The Kier molecular flexibility index (Phi) is 7.39. The van der Waals surface area contributed by atoms with Crippen LogP contribution in [0.3, 0.4) is 0 Å². The molecule has 0 saturated heterocycles. The topological polar surface area (TPSA) is 99.2 Å². The number of rotatable bonds is 7. The molecule has 29 heavy (non-hydrogen) atoms. The Morgan fingerprint density at radius 3 is 2.52 bits per heavy atom. The third kappa shape index (κ3) is 5.85. The van der Waals surface area contributed by atoms with Gasteiger partial charge >= 0.3 is 0 Å². The van der Waals surface area contributed by atoms with Gasteiger partial charge in [-0.25, -0.2) is 9.37 Å². The van der Waals surface area contributed by atoms with Gasteiger partial charge in [-0.15, -0.1) is 0 Å². The van der Waals surface area contributed by atoms with E-state index in [0.29, 0.717) is 17.1 Å². The quantitative estimate of drug-likeness (QED) is 0.444. The van der Waals surface area contributed by atoms with Gasteiger partial charge in [0.05, 0.1) is 12.8 Å². The fourth-order valence-corrected chi connectivity index (χ4v) is 2.40. The zero-order valence-corrected chi connectivity index (χ0v) is 14.8. The standard InChI is InChI=1S/C20H18FN5O2.CH4/c1-2-18(28)23-15-7-4-8-16(10-15)24-19-17(21)11-22-20(26-19)25-14-6-3-5-13(9-14)12-27;/h2-11,27H,1,12H2,(H,23,28)(H2,22,24,25,26);1H4. The van der Waals surface area contributed by atoms with Crippen molar-refractivity contribution in [3.8, 4) is 0 Å². The Morgan fingerprint density at radius 1 is 1.10 bits per heavy atom. The lowest BCUT2D eigenvalue weighted by Crippen LogP contribution is -2.07. The smallest absolute Gasteiger partial charge is 0.247 e. The molecule has 0 bridgehead atoms. The van der Waals surface area contributed by atoms with E-state index >= 15 is 0 Å². The molecule has 1 aromatic heterocycles. The number of carbonyl (C=O) groups excluding carboxylic acids is 1. The highest BCUT2D eigenvalue weighted by molar-refractivity contribution is 5.99. The summed E-state index contributed by atoms with van der Waals surface area (Å²) < 4.78 is 14.1. The lowest BCUT2D eigenvalue weighted by Gasteiger charge is -2.11. The van der Waals surface area contributed by atoms with Crippen molar-refractivity contribution in [3.63, 3.8) is 0 Å². The largest absolute Gasteiger partial charge is 0.392 e. The molecule has 1 amide bonds. The average molecular weight is 395 g/mol. The van der Waals surface area contributed by atoms with Gasteiger partial charge in [-0.3, -0.25) is 4.79 Å². The number of hydrogen-bond donors (Lipinski definition) is 4. The monoisotopic (exact) mass is 395 g/mol. The van der Waals surface area contributed by atoms with Crippen LogP contribution < -0.4 is 16.0 Å². The van der Waals surface area contributed by atoms with Crippen molar-refractivity contribution in [2.75, 3.05) is 16.0 Å². The van der Waals surface area contributed by atoms with Crippen molar-refractivity contribution in [2.24, 2.45) is 0 Å². The summed E-state index contributed by atoms with van der Waals surface area (Å²) >= 11 is 0.